The first-order valence-corrected chi connectivity index (χ1v) is 6.78. The van der Waals surface area contributed by atoms with Crippen LogP contribution in [0.3, 0.4) is 0 Å². The summed E-state index contributed by atoms with van der Waals surface area (Å²) >= 11 is 3.45. The number of fused-ring (bicyclic) bond motifs is 1. The Labute approximate surface area is 114 Å². The van der Waals surface area contributed by atoms with E-state index < -0.39 is 0 Å². The fourth-order valence-corrected chi connectivity index (χ4v) is 3.00. The number of Topliss-reactive ketones (excluding diaryl/α,β-unsaturated/α-hetero) is 1. The third-order valence-electron chi connectivity index (χ3n) is 3.39. The number of carbonyl (C=O) groups excluding carboxylic acids is 1. The molecule has 0 bridgehead atoms. The molecule has 0 radical (unpaired) electrons. The van der Waals surface area contributed by atoms with Gasteiger partial charge in [-0.3, -0.25) is 4.79 Å². The van der Waals surface area contributed by atoms with E-state index in [1.807, 2.05) is 12.1 Å². The minimum atomic E-state index is 0.223. The van der Waals surface area contributed by atoms with Crippen molar-refractivity contribution in [2.75, 3.05) is 7.11 Å². The van der Waals surface area contributed by atoms with Gasteiger partial charge in [0.2, 0.25) is 0 Å². The largest absolute Gasteiger partial charge is 0.493 e. The zero-order valence-corrected chi connectivity index (χ0v) is 11.7. The molecule has 4 heteroatoms. The molecule has 0 spiro atoms. The Balaban J connectivity index is 2.08. The highest BCUT2D eigenvalue weighted by Gasteiger charge is 2.29. The molecular formula is C14H13BrO3. The molecule has 0 fully saturated rings. The van der Waals surface area contributed by atoms with Crippen LogP contribution in [0.4, 0.5) is 0 Å². The van der Waals surface area contributed by atoms with E-state index in [0.29, 0.717) is 18.6 Å². The number of rotatable bonds is 1. The topological polar surface area (TPSA) is 35.5 Å². The predicted octanol–water partition coefficient (Wildman–Crippen LogP) is 3.40. The summed E-state index contributed by atoms with van der Waals surface area (Å²) in [6.45, 7) is 0. The molecule has 0 atom stereocenters. The van der Waals surface area contributed by atoms with Gasteiger partial charge in [-0.2, -0.15) is 0 Å². The summed E-state index contributed by atoms with van der Waals surface area (Å²) in [6, 6.07) is 3.87. The van der Waals surface area contributed by atoms with Gasteiger partial charge in [0.05, 0.1) is 7.11 Å². The number of hydrogen-bond donors (Lipinski definition) is 0. The minimum Gasteiger partial charge on any atom is -0.493 e. The second-order valence-corrected chi connectivity index (χ2v) is 5.47. The van der Waals surface area contributed by atoms with Crippen molar-refractivity contribution in [3.05, 3.63) is 33.5 Å². The Kier molecular flexibility index (Phi) is 2.90. The molecule has 0 amide bonds. The maximum atomic E-state index is 11.9. The lowest BCUT2D eigenvalue weighted by Crippen LogP contribution is -2.21. The van der Waals surface area contributed by atoms with Crippen LogP contribution in [-0.2, 0) is 11.2 Å². The minimum absolute atomic E-state index is 0.223. The van der Waals surface area contributed by atoms with Crippen LogP contribution in [-0.4, -0.2) is 12.9 Å². The summed E-state index contributed by atoms with van der Waals surface area (Å²) in [5, 5.41) is 0. The lowest BCUT2D eigenvalue weighted by molar-refractivity contribution is -0.116. The quantitative estimate of drug-likeness (QED) is 0.797. The molecule has 1 heterocycles. The Bertz CT molecular complexity index is 560. The van der Waals surface area contributed by atoms with Crippen LogP contribution in [0.1, 0.15) is 24.8 Å². The molecule has 2 aliphatic rings. The van der Waals surface area contributed by atoms with Crippen LogP contribution >= 0.6 is 15.9 Å². The van der Waals surface area contributed by atoms with Gasteiger partial charge in [-0.15, -0.1) is 0 Å². The second-order valence-electron chi connectivity index (χ2n) is 4.55. The number of allylic oxidation sites excluding steroid dienone is 2. The number of hydrogen-bond acceptors (Lipinski definition) is 3. The Morgan fingerprint density at radius 2 is 2.17 bits per heavy atom. The summed E-state index contributed by atoms with van der Waals surface area (Å²) in [5.74, 6) is 2.53. The van der Waals surface area contributed by atoms with Crippen molar-refractivity contribution in [1.29, 1.82) is 0 Å². The molecule has 0 N–H and O–H groups in total. The van der Waals surface area contributed by atoms with Gasteiger partial charge in [0.15, 0.2) is 17.3 Å². The molecule has 1 aromatic rings. The highest BCUT2D eigenvalue weighted by atomic mass is 79.9. The van der Waals surface area contributed by atoms with Crippen molar-refractivity contribution < 1.29 is 14.3 Å². The van der Waals surface area contributed by atoms with E-state index in [0.717, 1.165) is 40.0 Å². The number of carbonyl (C=O) groups is 1. The molecule has 3 nitrogen and oxygen atoms in total. The fraction of sp³-hybridized carbons (Fsp3) is 0.357. The van der Waals surface area contributed by atoms with E-state index in [9.17, 15) is 4.79 Å². The van der Waals surface area contributed by atoms with Crippen molar-refractivity contribution in [2.45, 2.75) is 25.7 Å². The van der Waals surface area contributed by atoms with Crippen LogP contribution in [0.15, 0.2) is 27.9 Å². The van der Waals surface area contributed by atoms with Crippen molar-refractivity contribution in [2.24, 2.45) is 0 Å². The van der Waals surface area contributed by atoms with E-state index in [4.69, 9.17) is 9.47 Å². The van der Waals surface area contributed by atoms with Gasteiger partial charge in [0, 0.05) is 34.9 Å². The fourth-order valence-electron chi connectivity index (χ4n) is 2.51. The van der Waals surface area contributed by atoms with E-state index in [1.54, 1.807) is 7.11 Å². The van der Waals surface area contributed by atoms with Crippen molar-refractivity contribution >= 4 is 21.7 Å². The standard InChI is InChI=1S/C14H13BrO3/c1-17-13-7-9(15)5-8-6-10-11(16)3-2-4-12(10)18-14(8)13/h5,7H,2-4,6H2,1H3. The predicted molar refractivity (Wildman–Crippen MR) is 70.9 cm³/mol. The molecule has 94 valence electrons. The molecule has 0 saturated carbocycles. The second kappa shape index (κ2) is 4.43. The summed E-state index contributed by atoms with van der Waals surface area (Å²) in [6.07, 6.45) is 3.02. The average molecular weight is 309 g/mol. The molecule has 1 aliphatic heterocycles. The molecule has 18 heavy (non-hydrogen) atoms. The van der Waals surface area contributed by atoms with Crippen LogP contribution in [0, 0.1) is 0 Å². The van der Waals surface area contributed by atoms with Gasteiger partial charge in [-0.25, -0.2) is 0 Å². The van der Waals surface area contributed by atoms with E-state index in [1.165, 1.54) is 0 Å². The maximum Gasteiger partial charge on any atom is 0.172 e. The molecule has 1 aromatic carbocycles. The number of halogens is 1. The smallest absolute Gasteiger partial charge is 0.172 e. The molecule has 0 unspecified atom stereocenters. The molecule has 1 aliphatic carbocycles. The maximum absolute atomic E-state index is 11.9. The van der Waals surface area contributed by atoms with Crippen LogP contribution in [0.2, 0.25) is 0 Å². The Hall–Kier alpha value is -1.29. The van der Waals surface area contributed by atoms with Gasteiger partial charge in [-0.05, 0) is 18.6 Å². The van der Waals surface area contributed by atoms with Crippen LogP contribution < -0.4 is 9.47 Å². The normalized spacial score (nSPS) is 18.0. The summed E-state index contributed by atoms with van der Waals surface area (Å²) in [5.41, 5.74) is 1.85. The monoisotopic (exact) mass is 308 g/mol. The van der Waals surface area contributed by atoms with Crippen molar-refractivity contribution in [3.63, 3.8) is 0 Å². The third kappa shape index (κ3) is 1.85. The Morgan fingerprint density at radius 1 is 1.33 bits per heavy atom. The summed E-state index contributed by atoms with van der Waals surface area (Å²) in [4.78, 5) is 11.9. The lowest BCUT2D eigenvalue weighted by atomic mass is 9.89. The number of ketones is 1. The first-order valence-electron chi connectivity index (χ1n) is 5.98. The first-order chi connectivity index (χ1) is 8.69. The van der Waals surface area contributed by atoms with Crippen LogP contribution in [0.25, 0.3) is 0 Å². The Morgan fingerprint density at radius 3 is 2.94 bits per heavy atom. The number of benzene rings is 1. The van der Waals surface area contributed by atoms with Crippen molar-refractivity contribution in [1.82, 2.24) is 0 Å². The zero-order chi connectivity index (χ0) is 12.7. The molecule has 3 rings (SSSR count). The SMILES string of the molecule is COc1cc(Br)cc2c1OC1=C(C2)C(=O)CCC1. The number of ether oxygens (including phenoxy) is 2. The van der Waals surface area contributed by atoms with E-state index in [2.05, 4.69) is 15.9 Å². The highest BCUT2D eigenvalue weighted by Crippen LogP contribution is 2.42. The van der Waals surface area contributed by atoms with E-state index in [-0.39, 0.29) is 5.78 Å². The van der Waals surface area contributed by atoms with Gasteiger partial charge >= 0.3 is 0 Å². The zero-order valence-electron chi connectivity index (χ0n) is 10.1. The third-order valence-corrected chi connectivity index (χ3v) is 3.85. The van der Waals surface area contributed by atoms with Gasteiger partial charge in [0.25, 0.3) is 0 Å². The highest BCUT2D eigenvalue weighted by molar-refractivity contribution is 9.10. The first kappa shape index (κ1) is 11.8. The number of methoxy groups -OCH3 is 1. The molecule has 0 aromatic heterocycles. The van der Waals surface area contributed by atoms with Crippen molar-refractivity contribution in [3.8, 4) is 11.5 Å². The molecule has 0 saturated heterocycles. The van der Waals surface area contributed by atoms with Gasteiger partial charge < -0.3 is 9.47 Å². The van der Waals surface area contributed by atoms with E-state index >= 15 is 0 Å². The average Bonchev–Trinajstić information content (AvgIpc) is 2.36. The summed E-state index contributed by atoms with van der Waals surface area (Å²) in [7, 11) is 1.63. The summed E-state index contributed by atoms with van der Waals surface area (Å²) < 4.78 is 12.2. The molecular weight excluding hydrogens is 296 g/mol. The van der Waals surface area contributed by atoms with Crippen LogP contribution in [0.5, 0.6) is 11.5 Å². The van der Waals surface area contributed by atoms with Gasteiger partial charge in [0.1, 0.15) is 5.76 Å². The lowest BCUT2D eigenvalue weighted by Gasteiger charge is -2.27. The van der Waals surface area contributed by atoms with Gasteiger partial charge in [-0.1, -0.05) is 15.9 Å².